The minimum atomic E-state index is -4.64. The number of nitrogens with zero attached hydrogens (tertiary/aromatic N) is 5. The predicted molar refractivity (Wildman–Crippen MR) is 77.0 cm³/mol. The fraction of sp³-hybridized carbons (Fsp3) is 0.385. The molecule has 0 N–H and O–H groups in total. The lowest BCUT2D eigenvalue weighted by Gasteiger charge is -2.09. The molecule has 0 radical (unpaired) electrons. The molecule has 116 valence electrons. The lowest BCUT2D eigenvalue weighted by molar-refractivity contribution is -0.145. The maximum absolute atomic E-state index is 13.1. The molecule has 0 fully saturated rings. The summed E-state index contributed by atoms with van der Waals surface area (Å²) in [7, 11) is 0. The van der Waals surface area contributed by atoms with Crippen molar-refractivity contribution in [2.24, 2.45) is 5.92 Å². The Morgan fingerprint density at radius 2 is 2.14 bits per heavy atom. The van der Waals surface area contributed by atoms with E-state index in [0.29, 0.717) is 16.7 Å². The number of hydrogen-bond acceptors (Lipinski definition) is 4. The molecule has 0 spiro atoms. The molecule has 0 bridgehead atoms. The van der Waals surface area contributed by atoms with Crippen molar-refractivity contribution in [2.45, 2.75) is 25.0 Å². The zero-order chi connectivity index (χ0) is 16.3. The third kappa shape index (κ3) is 3.39. The Bertz CT molecular complexity index is 742. The number of alkyl halides is 3. The number of thioether (sulfide) groups is 1. The highest BCUT2D eigenvalue weighted by molar-refractivity contribution is 7.99. The lowest BCUT2D eigenvalue weighted by atomic mass is 10.3. The first-order chi connectivity index (χ1) is 10.3. The van der Waals surface area contributed by atoms with Gasteiger partial charge in [-0.1, -0.05) is 13.8 Å². The number of aromatic nitrogens is 4. The van der Waals surface area contributed by atoms with Crippen LogP contribution in [0.2, 0.25) is 0 Å². The molecule has 2 aromatic heterocycles. The molecule has 0 atom stereocenters. The largest absolute Gasteiger partial charge is 0.452 e. The minimum absolute atomic E-state index is 0.0464. The van der Waals surface area contributed by atoms with E-state index < -0.39 is 12.0 Å². The predicted octanol–water partition coefficient (Wildman–Crippen LogP) is 3.78. The number of halogens is 3. The molecule has 0 aliphatic heterocycles. The van der Waals surface area contributed by atoms with Crippen molar-refractivity contribution in [3.05, 3.63) is 35.3 Å². The zero-order valence-electron chi connectivity index (χ0n) is 11.8. The van der Waals surface area contributed by atoms with Gasteiger partial charge in [0.2, 0.25) is 5.82 Å². The van der Waals surface area contributed by atoms with Gasteiger partial charge in [0.15, 0.2) is 11.8 Å². The van der Waals surface area contributed by atoms with E-state index in [9.17, 15) is 13.2 Å². The Hall–Kier alpha value is -2.08. The van der Waals surface area contributed by atoms with Crippen molar-refractivity contribution < 1.29 is 13.2 Å². The van der Waals surface area contributed by atoms with Gasteiger partial charge >= 0.3 is 6.18 Å². The van der Waals surface area contributed by atoms with Crippen LogP contribution in [-0.2, 0) is 6.18 Å². The van der Waals surface area contributed by atoms with Crippen molar-refractivity contribution in [1.29, 1.82) is 0 Å². The number of hydrogen-bond donors (Lipinski definition) is 0. The molecule has 2 aromatic rings. The summed E-state index contributed by atoms with van der Waals surface area (Å²) in [6.07, 6.45) is -1.03. The highest BCUT2D eigenvalue weighted by Crippen LogP contribution is 2.31. The maximum atomic E-state index is 13.1. The summed E-state index contributed by atoms with van der Waals surface area (Å²) in [5.41, 5.74) is 0.155. The molecule has 0 amide bonds. The Morgan fingerprint density at radius 3 is 2.73 bits per heavy atom. The Balaban J connectivity index is 2.62. The standard InChI is InChI=1S/C13H12F3N5S/c1-8(2)7-22-11-10-19-20-12(13(14,15)16)21(10)9(6-18-11)4-5-17-3/h4-6,8H,7H2,1-2H3/b5-4+. The smallest absolute Gasteiger partial charge is 0.269 e. The first-order valence-electron chi connectivity index (χ1n) is 6.32. The summed E-state index contributed by atoms with van der Waals surface area (Å²) in [5, 5.41) is 7.26. The lowest BCUT2D eigenvalue weighted by Crippen LogP contribution is -2.12. The Kier molecular flexibility index (Phi) is 4.71. The van der Waals surface area contributed by atoms with Gasteiger partial charge in [-0.25, -0.2) is 9.83 Å². The van der Waals surface area contributed by atoms with Crippen LogP contribution in [0.4, 0.5) is 13.2 Å². The van der Waals surface area contributed by atoms with Gasteiger partial charge in [0.1, 0.15) is 5.03 Å². The molecule has 22 heavy (non-hydrogen) atoms. The second-order valence-corrected chi connectivity index (χ2v) is 5.83. The van der Waals surface area contributed by atoms with Crippen molar-refractivity contribution in [3.63, 3.8) is 0 Å². The molecule has 0 aliphatic carbocycles. The van der Waals surface area contributed by atoms with Crippen LogP contribution < -0.4 is 0 Å². The molecular weight excluding hydrogens is 315 g/mol. The minimum Gasteiger partial charge on any atom is -0.269 e. The molecule has 2 heterocycles. The Labute approximate surface area is 129 Å². The van der Waals surface area contributed by atoms with Crippen molar-refractivity contribution in [1.82, 2.24) is 19.6 Å². The molecule has 0 aromatic carbocycles. The normalized spacial score (nSPS) is 12.4. The first-order valence-corrected chi connectivity index (χ1v) is 7.30. The van der Waals surface area contributed by atoms with Crippen molar-refractivity contribution in [2.75, 3.05) is 5.75 Å². The van der Waals surface area contributed by atoms with Crippen molar-refractivity contribution in [3.8, 4) is 0 Å². The zero-order valence-corrected chi connectivity index (χ0v) is 12.6. The van der Waals surface area contributed by atoms with Gasteiger partial charge in [0, 0.05) is 5.75 Å². The van der Waals surface area contributed by atoms with E-state index in [1.807, 2.05) is 13.8 Å². The first kappa shape index (κ1) is 16.3. The summed E-state index contributed by atoms with van der Waals surface area (Å²) in [5.74, 6) is -0.0619. The summed E-state index contributed by atoms with van der Waals surface area (Å²) in [6.45, 7) is 10.7. The van der Waals surface area contributed by atoms with Crippen LogP contribution in [0.5, 0.6) is 0 Å². The van der Waals surface area contributed by atoms with Crippen LogP contribution in [0.1, 0.15) is 25.4 Å². The highest BCUT2D eigenvalue weighted by atomic mass is 32.2. The molecule has 0 unspecified atom stereocenters. The Morgan fingerprint density at radius 1 is 1.41 bits per heavy atom. The van der Waals surface area contributed by atoms with Crippen LogP contribution >= 0.6 is 11.8 Å². The van der Waals surface area contributed by atoms with E-state index in [-0.39, 0.29) is 11.3 Å². The summed E-state index contributed by atoms with van der Waals surface area (Å²) < 4.78 is 40.1. The van der Waals surface area contributed by atoms with Crippen LogP contribution in [0.3, 0.4) is 0 Å². The molecule has 0 saturated heterocycles. The van der Waals surface area contributed by atoms with Crippen LogP contribution in [0.15, 0.2) is 17.4 Å². The molecular formula is C13H12F3N5S. The number of fused-ring (bicyclic) bond motifs is 1. The molecule has 9 heteroatoms. The maximum Gasteiger partial charge on any atom is 0.452 e. The third-order valence-corrected chi connectivity index (χ3v) is 3.95. The average molecular weight is 327 g/mol. The average Bonchev–Trinajstić information content (AvgIpc) is 2.88. The van der Waals surface area contributed by atoms with E-state index in [2.05, 4.69) is 20.0 Å². The van der Waals surface area contributed by atoms with Crippen LogP contribution in [0.25, 0.3) is 16.6 Å². The summed E-state index contributed by atoms with van der Waals surface area (Å²) in [6, 6.07) is 0. The van der Waals surface area contributed by atoms with Gasteiger partial charge in [0.05, 0.1) is 18.5 Å². The van der Waals surface area contributed by atoms with Crippen LogP contribution in [-0.4, -0.2) is 25.3 Å². The second-order valence-electron chi connectivity index (χ2n) is 4.82. The second kappa shape index (κ2) is 6.36. The summed E-state index contributed by atoms with van der Waals surface area (Å²) in [4.78, 5) is 7.14. The van der Waals surface area contributed by atoms with E-state index in [0.717, 1.165) is 10.6 Å². The van der Waals surface area contributed by atoms with Gasteiger partial charge in [-0.2, -0.15) is 13.2 Å². The van der Waals surface area contributed by atoms with Crippen molar-refractivity contribution >= 4 is 23.5 Å². The quantitative estimate of drug-likeness (QED) is 0.633. The summed E-state index contributed by atoms with van der Waals surface area (Å²) >= 11 is 1.33. The molecule has 5 nitrogen and oxygen atoms in total. The number of rotatable bonds is 4. The van der Waals surface area contributed by atoms with Gasteiger partial charge in [-0.3, -0.25) is 4.40 Å². The molecule has 0 aliphatic rings. The van der Waals surface area contributed by atoms with E-state index in [4.69, 9.17) is 6.57 Å². The van der Waals surface area contributed by atoms with Gasteiger partial charge in [-0.05, 0) is 12.0 Å². The van der Waals surface area contributed by atoms with Gasteiger partial charge in [0.25, 0.3) is 0 Å². The van der Waals surface area contributed by atoms with E-state index in [1.54, 1.807) is 0 Å². The highest BCUT2D eigenvalue weighted by Gasteiger charge is 2.38. The van der Waals surface area contributed by atoms with Gasteiger partial charge in [-0.15, -0.1) is 22.0 Å². The fourth-order valence-electron chi connectivity index (χ4n) is 1.67. The third-order valence-electron chi connectivity index (χ3n) is 2.55. The van der Waals surface area contributed by atoms with Gasteiger partial charge < -0.3 is 0 Å². The monoisotopic (exact) mass is 327 g/mol. The molecule has 0 saturated carbocycles. The topological polar surface area (TPSA) is 47.4 Å². The SMILES string of the molecule is [C-]#[N+]/C=C/c1cnc(SCC(C)C)c2nnc(C(F)(F)F)n12. The van der Waals surface area contributed by atoms with E-state index >= 15 is 0 Å². The molecule has 2 rings (SSSR count). The van der Waals surface area contributed by atoms with Crippen LogP contribution in [0, 0.1) is 12.5 Å². The fourth-order valence-corrected chi connectivity index (χ4v) is 2.55. The van der Waals surface area contributed by atoms with E-state index in [1.165, 1.54) is 24.0 Å².